The van der Waals surface area contributed by atoms with E-state index in [9.17, 15) is 0 Å². The number of nitrogens with zero attached hydrogens (tertiary/aromatic N) is 2. The predicted octanol–water partition coefficient (Wildman–Crippen LogP) is 2.62. The Labute approximate surface area is 92.8 Å². The molecule has 0 saturated carbocycles. The molecule has 0 aliphatic carbocycles. The molecular weight excluding hydrogens is 275 g/mol. The fourth-order valence-electron chi connectivity index (χ4n) is 1.95. The molecule has 2 nitrogen and oxygen atoms in total. The van der Waals surface area contributed by atoms with Crippen LogP contribution in [0.5, 0.6) is 0 Å². The molecule has 0 unspecified atom stereocenters. The van der Waals surface area contributed by atoms with E-state index < -0.39 is 0 Å². The summed E-state index contributed by atoms with van der Waals surface area (Å²) in [6.07, 6.45) is 3.13. The van der Waals surface area contributed by atoms with Crippen LogP contribution >= 0.6 is 22.9 Å². The molecular formula is C10H13IN2. The maximum absolute atomic E-state index is 4.47. The summed E-state index contributed by atoms with van der Waals surface area (Å²) in [5.74, 6) is 0. The molecule has 1 aliphatic heterocycles. The van der Waals surface area contributed by atoms with Gasteiger partial charge in [0, 0.05) is 35.6 Å². The maximum atomic E-state index is 4.47. The summed E-state index contributed by atoms with van der Waals surface area (Å²) in [5, 5.41) is 0. The quantitative estimate of drug-likeness (QED) is 0.583. The molecule has 70 valence electrons. The normalized spacial score (nSPS) is 16.2. The van der Waals surface area contributed by atoms with Crippen LogP contribution in [0.4, 0.5) is 0 Å². The van der Waals surface area contributed by atoms with E-state index in [1.807, 2.05) is 6.20 Å². The van der Waals surface area contributed by atoms with Gasteiger partial charge in [0.05, 0.1) is 12.2 Å². The van der Waals surface area contributed by atoms with Crippen molar-refractivity contribution >= 4 is 22.9 Å². The minimum Gasteiger partial charge on any atom is -0.259 e. The molecule has 2 rings (SSSR count). The average Bonchev–Trinajstić information content (AvgIpc) is 2.45. The van der Waals surface area contributed by atoms with Gasteiger partial charge in [-0.2, -0.15) is 0 Å². The fraction of sp³-hybridized carbons (Fsp3) is 0.500. The Morgan fingerprint density at radius 3 is 3.00 bits per heavy atom. The highest BCUT2D eigenvalue weighted by molar-refractivity contribution is 14.1. The van der Waals surface area contributed by atoms with Crippen LogP contribution in [0.2, 0.25) is 0 Å². The predicted molar refractivity (Wildman–Crippen MR) is 61.6 cm³/mol. The molecule has 0 spiro atoms. The van der Waals surface area contributed by atoms with Gasteiger partial charge in [0.1, 0.15) is 0 Å². The molecule has 0 N–H and O–H groups in total. The first kappa shape index (κ1) is 9.40. The summed E-state index contributed by atoms with van der Waals surface area (Å²) < 4.78 is 2.29. The van der Waals surface area contributed by atoms with Gasteiger partial charge in [-0.05, 0) is 30.0 Å². The number of aryl methyl sites for hydroxylation is 1. The number of hydrogen-bond donors (Lipinski definition) is 0. The SMILES string of the molecule is CCc1c(C)cnc2c1CN(I)C2. The number of halogens is 1. The maximum Gasteiger partial charge on any atom is 0.0600 e. The van der Waals surface area contributed by atoms with Gasteiger partial charge in [0.15, 0.2) is 0 Å². The molecule has 0 saturated heterocycles. The van der Waals surface area contributed by atoms with Gasteiger partial charge in [0.2, 0.25) is 0 Å². The van der Waals surface area contributed by atoms with Gasteiger partial charge in [0.25, 0.3) is 0 Å². The van der Waals surface area contributed by atoms with E-state index in [0.29, 0.717) is 0 Å². The molecule has 0 bridgehead atoms. The third-order valence-corrected chi connectivity index (χ3v) is 3.29. The van der Waals surface area contributed by atoms with Crippen molar-refractivity contribution in [1.29, 1.82) is 0 Å². The Hall–Kier alpha value is -0.160. The van der Waals surface area contributed by atoms with Crippen molar-refractivity contribution in [2.45, 2.75) is 33.4 Å². The van der Waals surface area contributed by atoms with E-state index in [4.69, 9.17) is 0 Å². The standard InChI is InChI=1S/C10H13IN2/c1-3-8-7(2)4-12-10-6-13(11)5-9(8)10/h4H,3,5-6H2,1-2H3. The Morgan fingerprint density at radius 1 is 1.54 bits per heavy atom. The largest absolute Gasteiger partial charge is 0.259 e. The smallest absolute Gasteiger partial charge is 0.0600 e. The second kappa shape index (κ2) is 3.53. The van der Waals surface area contributed by atoms with E-state index in [2.05, 4.69) is 44.8 Å². The third kappa shape index (κ3) is 1.59. The van der Waals surface area contributed by atoms with E-state index in [1.165, 1.54) is 22.4 Å². The second-order valence-corrected chi connectivity index (χ2v) is 4.84. The van der Waals surface area contributed by atoms with Gasteiger partial charge in [-0.3, -0.25) is 4.98 Å². The summed E-state index contributed by atoms with van der Waals surface area (Å²) in [6, 6.07) is 0. The van der Waals surface area contributed by atoms with Crippen LogP contribution in [0.15, 0.2) is 6.20 Å². The molecule has 0 fully saturated rings. The zero-order valence-electron chi connectivity index (χ0n) is 7.97. The van der Waals surface area contributed by atoms with Gasteiger partial charge < -0.3 is 0 Å². The number of pyridine rings is 1. The van der Waals surface area contributed by atoms with Crippen LogP contribution in [-0.4, -0.2) is 8.10 Å². The lowest BCUT2D eigenvalue weighted by atomic mass is 10.0. The van der Waals surface area contributed by atoms with Crippen molar-refractivity contribution in [2.75, 3.05) is 0 Å². The average molecular weight is 288 g/mol. The van der Waals surface area contributed by atoms with E-state index in [1.54, 1.807) is 0 Å². The molecule has 1 aromatic rings. The third-order valence-electron chi connectivity index (χ3n) is 2.61. The van der Waals surface area contributed by atoms with Crippen LogP contribution in [0.1, 0.15) is 29.3 Å². The molecule has 0 amide bonds. The number of rotatable bonds is 1. The summed E-state index contributed by atoms with van der Waals surface area (Å²) in [7, 11) is 0. The van der Waals surface area contributed by atoms with Crippen molar-refractivity contribution in [3.05, 3.63) is 28.6 Å². The van der Waals surface area contributed by atoms with Gasteiger partial charge in [-0.25, -0.2) is 3.11 Å². The number of hydrogen-bond acceptors (Lipinski definition) is 2. The molecule has 0 atom stereocenters. The Balaban J connectivity index is 2.52. The van der Waals surface area contributed by atoms with E-state index >= 15 is 0 Å². The Kier molecular flexibility index (Phi) is 2.55. The first-order valence-corrected chi connectivity index (χ1v) is 5.55. The van der Waals surface area contributed by atoms with Crippen LogP contribution in [0.25, 0.3) is 0 Å². The molecule has 0 aromatic carbocycles. The Morgan fingerprint density at radius 2 is 2.31 bits per heavy atom. The van der Waals surface area contributed by atoms with E-state index in [-0.39, 0.29) is 0 Å². The molecule has 2 heterocycles. The van der Waals surface area contributed by atoms with Crippen molar-refractivity contribution in [3.63, 3.8) is 0 Å². The topological polar surface area (TPSA) is 16.1 Å². The van der Waals surface area contributed by atoms with Crippen LogP contribution in [0, 0.1) is 6.92 Å². The lowest BCUT2D eigenvalue weighted by Crippen LogP contribution is -1.99. The van der Waals surface area contributed by atoms with Gasteiger partial charge in [-0.15, -0.1) is 0 Å². The molecule has 13 heavy (non-hydrogen) atoms. The van der Waals surface area contributed by atoms with Crippen molar-refractivity contribution in [2.24, 2.45) is 0 Å². The molecule has 0 radical (unpaired) electrons. The van der Waals surface area contributed by atoms with Crippen LogP contribution in [-0.2, 0) is 19.5 Å². The number of fused-ring (bicyclic) bond motifs is 1. The summed E-state index contributed by atoms with van der Waals surface area (Å²) in [4.78, 5) is 4.47. The first-order valence-electron chi connectivity index (χ1n) is 4.59. The monoisotopic (exact) mass is 288 g/mol. The minimum atomic E-state index is 1.00. The van der Waals surface area contributed by atoms with Crippen molar-refractivity contribution < 1.29 is 0 Å². The van der Waals surface area contributed by atoms with Gasteiger partial charge in [-0.1, -0.05) is 6.92 Å². The van der Waals surface area contributed by atoms with Gasteiger partial charge >= 0.3 is 0 Å². The summed E-state index contributed by atoms with van der Waals surface area (Å²) >= 11 is 2.37. The lowest BCUT2D eigenvalue weighted by Gasteiger charge is -2.07. The first-order chi connectivity index (χ1) is 6.22. The van der Waals surface area contributed by atoms with Crippen molar-refractivity contribution in [1.82, 2.24) is 8.10 Å². The highest BCUT2D eigenvalue weighted by atomic mass is 127. The summed E-state index contributed by atoms with van der Waals surface area (Å²) in [6.45, 7) is 6.44. The van der Waals surface area contributed by atoms with Crippen LogP contribution < -0.4 is 0 Å². The highest BCUT2D eigenvalue weighted by Gasteiger charge is 2.21. The zero-order valence-corrected chi connectivity index (χ0v) is 10.1. The molecule has 1 aromatic heterocycles. The highest BCUT2D eigenvalue weighted by Crippen LogP contribution is 2.28. The van der Waals surface area contributed by atoms with Crippen molar-refractivity contribution in [3.8, 4) is 0 Å². The fourth-order valence-corrected chi connectivity index (χ4v) is 2.61. The number of aromatic nitrogens is 1. The zero-order chi connectivity index (χ0) is 9.42. The van der Waals surface area contributed by atoms with Crippen LogP contribution in [0.3, 0.4) is 0 Å². The Bertz CT molecular complexity index is 336. The minimum absolute atomic E-state index is 1.00. The molecule has 1 aliphatic rings. The van der Waals surface area contributed by atoms with E-state index in [0.717, 1.165) is 19.5 Å². The molecule has 3 heteroatoms. The summed E-state index contributed by atoms with van der Waals surface area (Å²) in [5.41, 5.74) is 5.59. The second-order valence-electron chi connectivity index (χ2n) is 3.48. The lowest BCUT2D eigenvalue weighted by molar-refractivity contribution is 0.549.